The molecule has 0 aliphatic heterocycles. The van der Waals surface area contributed by atoms with Crippen LogP contribution in [0.3, 0.4) is 0 Å². The highest BCUT2D eigenvalue weighted by Gasteiger charge is 2.03. The lowest BCUT2D eigenvalue weighted by Crippen LogP contribution is -2.07. The molecule has 0 atom stereocenters. The Morgan fingerprint density at radius 2 is 2.25 bits per heavy atom. The van der Waals surface area contributed by atoms with E-state index in [2.05, 4.69) is 15.5 Å². The Labute approximate surface area is 99.5 Å². The molecule has 0 unspecified atom stereocenters. The molecule has 2 aromatic rings. The molecule has 5 heteroatoms. The lowest BCUT2D eigenvalue weighted by molar-refractivity contribution is 0.714. The van der Waals surface area contributed by atoms with Crippen molar-refractivity contribution < 1.29 is 0 Å². The Kier molecular flexibility index (Phi) is 4.18. The molecular weight excluding hydrogens is 220 g/mol. The van der Waals surface area contributed by atoms with E-state index in [1.165, 1.54) is 12.8 Å². The third-order valence-electron chi connectivity index (χ3n) is 2.33. The van der Waals surface area contributed by atoms with Crippen LogP contribution < -0.4 is 5.32 Å². The Morgan fingerprint density at radius 1 is 1.31 bits per heavy atom. The molecule has 1 N–H and O–H groups in total. The molecule has 0 fully saturated rings. The predicted octanol–water partition coefficient (Wildman–Crippen LogP) is 1.82. The van der Waals surface area contributed by atoms with E-state index in [0.717, 1.165) is 23.1 Å². The van der Waals surface area contributed by atoms with Gasteiger partial charge in [-0.1, -0.05) is 17.8 Å². The van der Waals surface area contributed by atoms with Crippen LogP contribution in [0.2, 0.25) is 0 Å². The molecule has 86 valence electrons. The summed E-state index contributed by atoms with van der Waals surface area (Å²) in [4.78, 5) is 0. The third kappa shape index (κ3) is 2.74. The van der Waals surface area contributed by atoms with Crippen molar-refractivity contribution in [1.29, 1.82) is 0 Å². The number of nitrogens with one attached hydrogen (secondary N) is 1. The van der Waals surface area contributed by atoms with Crippen molar-refractivity contribution in [3.8, 4) is 0 Å². The number of aromatic nitrogens is 3. The normalized spacial score (nSPS) is 11.1. The number of fused-ring (bicyclic) bond motifs is 1. The second kappa shape index (κ2) is 5.86. The molecule has 0 spiro atoms. The molecule has 2 rings (SSSR count). The smallest absolute Gasteiger partial charge is 0.195 e. The van der Waals surface area contributed by atoms with Gasteiger partial charge in [-0.05, 0) is 38.6 Å². The molecule has 16 heavy (non-hydrogen) atoms. The van der Waals surface area contributed by atoms with Gasteiger partial charge < -0.3 is 5.32 Å². The van der Waals surface area contributed by atoms with Crippen LogP contribution >= 0.6 is 11.8 Å². The number of pyridine rings is 1. The number of thioether (sulfide) groups is 1. The molecule has 0 aliphatic carbocycles. The highest BCUT2D eigenvalue weighted by molar-refractivity contribution is 7.99. The zero-order valence-corrected chi connectivity index (χ0v) is 10.2. The highest BCUT2D eigenvalue weighted by Crippen LogP contribution is 2.17. The van der Waals surface area contributed by atoms with Crippen molar-refractivity contribution in [2.75, 3.05) is 19.3 Å². The van der Waals surface area contributed by atoms with Crippen LogP contribution in [0.4, 0.5) is 0 Å². The maximum atomic E-state index is 4.17. The van der Waals surface area contributed by atoms with Crippen molar-refractivity contribution in [2.45, 2.75) is 18.0 Å². The molecule has 0 saturated carbocycles. The molecule has 0 amide bonds. The van der Waals surface area contributed by atoms with Gasteiger partial charge in [0.1, 0.15) is 0 Å². The lowest BCUT2D eigenvalue weighted by Gasteiger charge is -2.00. The third-order valence-corrected chi connectivity index (χ3v) is 3.36. The fourth-order valence-electron chi connectivity index (χ4n) is 1.49. The van der Waals surface area contributed by atoms with E-state index in [1.807, 2.05) is 35.8 Å². The van der Waals surface area contributed by atoms with E-state index in [4.69, 9.17) is 0 Å². The van der Waals surface area contributed by atoms with Crippen LogP contribution in [-0.2, 0) is 0 Å². The van der Waals surface area contributed by atoms with Crippen LogP contribution in [0.5, 0.6) is 0 Å². The van der Waals surface area contributed by atoms with Gasteiger partial charge in [0.15, 0.2) is 10.8 Å². The topological polar surface area (TPSA) is 42.2 Å². The van der Waals surface area contributed by atoms with E-state index in [0.29, 0.717) is 0 Å². The Hall–Kier alpha value is -1.07. The summed E-state index contributed by atoms with van der Waals surface area (Å²) in [5, 5.41) is 12.4. The summed E-state index contributed by atoms with van der Waals surface area (Å²) < 4.78 is 2.03. The first-order chi connectivity index (χ1) is 7.92. The molecule has 0 radical (unpaired) electrons. The first-order valence-corrected chi connectivity index (χ1v) is 6.47. The Morgan fingerprint density at radius 3 is 3.12 bits per heavy atom. The van der Waals surface area contributed by atoms with Gasteiger partial charge in [-0.15, -0.1) is 10.2 Å². The second-order valence-electron chi connectivity index (χ2n) is 3.57. The van der Waals surface area contributed by atoms with Gasteiger partial charge in [-0.25, -0.2) is 0 Å². The van der Waals surface area contributed by atoms with Gasteiger partial charge in [0, 0.05) is 11.9 Å². The largest absolute Gasteiger partial charge is 0.320 e. The van der Waals surface area contributed by atoms with Crippen molar-refractivity contribution >= 4 is 17.4 Å². The van der Waals surface area contributed by atoms with E-state index in [9.17, 15) is 0 Å². The second-order valence-corrected chi connectivity index (χ2v) is 4.63. The summed E-state index contributed by atoms with van der Waals surface area (Å²) in [6, 6.07) is 5.95. The van der Waals surface area contributed by atoms with Crippen molar-refractivity contribution in [3.63, 3.8) is 0 Å². The lowest BCUT2D eigenvalue weighted by atomic mass is 10.3. The number of unbranched alkanes of at least 4 members (excludes halogenated alkanes) is 1. The monoisotopic (exact) mass is 236 g/mol. The molecule has 0 bridgehead atoms. The molecular formula is C11H16N4S. The highest BCUT2D eigenvalue weighted by atomic mass is 32.2. The SMILES string of the molecule is CNCCCCSc1nnc2ccccn12. The van der Waals surface area contributed by atoms with E-state index >= 15 is 0 Å². The zero-order chi connectivity index (χ0) is 11.2. The molecule has 0 aliphatic rings. The number of rotatable bonds is 6. The molecule has 0 saturated heterocycles. The average Bonchev–Trinajstić information content (AvgIpc) is 2.73. The zero-order valence-electron chi connectivity index (χ0n) is 9.39. The Bertz CT molecular complexity index is 440. The fraction of sp³-hybridized carbons (Fsp3) is 0.455. The Balaban J connectivity index is 1.89. The first-order valence-electron chi connectivity index (χ1n) is 5.49. The fourth-order valence-corrected chi connectivity index (χ4v) is 2.41. The van der Waals surface area contributed by atoms with Crippen molar-refractivity contribution in [2.24, 2.45) is 0 Å². The minimum atomic E-state index is 0.917. The van der Waals surface area contributed by atoms with Crippen LogP contribution in [-0.4, -0.2) is 33.9 Å². The van der Waals surface area contributed by atoms with E-state index in [-0.39, 0.29) is 0 Å². The van der Waals surface area contributed by atoms with Crippen molar-refractivity contribution in [1.82, 2.24) is 19.9 Å². The molecule has 2 aromatic heterocycles. The first kappa shape index (κ1) is 11.4. The summed E-state index contributed by atoms with van der Waals surface area (Å²) in [7, 11) is 1.99. The van der Waals surface area contributed by atoms with Gasteiger partial charge in [-0.3, -0.25) is 4.40 Å². The average molecular weight is 236 g/mol. The summed E-state index contributed by atoms with van der Waals surface area (Å²) in [5.74, 6) is 1.09. The standard InChI is InChI=1S/C11H16N4S/c1-12-7-3-5-9-16-11-14-13-10-6-2-4-8-15(10)11/h2,4,6,8,12H,3,5,7,9H2,1H3. The van der Waals surface area contributed by atoms with Crippen LogP contribution in [0.1, 0.15) is 12.8 Å². The van der Waals surface area contributed by atoms with Gasteiger partial charge in [-0.2, -0.15) is 0 Å². The summed E-state index contributed by atoms with van der Waals surface area (Å²) in [5.41, 5.74) is 0.917. The van der Waals surface area contributed by atoms with Crippen LogP contribution in [0, 0.1) is 0 Å². The van der Waals surface area contributed by atoms with Gasteiger partial charge >= 0.3 is 0 Å². The minimum Gasteiger partial charge on any atom is -0.320 e. The number of hydrogen-bond donors (Lipinski definition) is 1. The van der Waals surface area contributed by atoms with Crippen LogP contribution in [0.15, 0.2) is 29.6 Å². The maximum absolute atomic E-state index is 4.17. The van der Waals surface area contributed by atoms with Gasteiger partial charge in [0.05, 0.1) is 0 Å². The van der Waals surface area contributed by atoms with Gasteiger partial charge in [0.2, 0.25) is 0 Å². The predicted molar refractivity (Wildman–Crippen MR) is 66.9 cm³/mol. The van der Waals surface area contributed by atoms with Crippen LogP contribution in [0.25, 0.3) is 5.65 Å². The number of nitrogens with zero attached hydrogens (tertiary/aromatic N) is 3. The molecule has 2 heterocycles. The minimum absolute atomic E-state index is 0.917. The summed E-state index contributed by atoms with van der Waals surface area (Å²) in [6.45, 7) is 1.08. The molecule has 0 aromatic carbocycles. The summed E-state index contributed by atoms with van der Waals surface area (Å²) in [6.07, 6.45) is 4.42. The maximum Gasteiger partial charge on any atom is 0.195 e. The number of hydrogen-bond acceptors (Lipinski definition) is 4. The van der Waals surface area contributed by atoms with Gasteiger partial charge in [0.25, 0.3) is 0 Å². The summed E-state index contributed by atoms with van der Waals surface area (Å²) >= 11 is 1.77. The quantitative estimate of drug-likeness (QED) is 0.613. The van der Waals surface area contributed by atoms with E-state index < -0.39 is 0 Å². The van der Waals surface area contributed by atoms with Crippen molar-refractivity contribution in [3.05, 3.63) is 24.4 Å². The molecule has 4 nitrogen and oxygen atoms in total. The van der Waals surface area contributed by atoms with E-state index in [1.54, 1.807) is 11.8 Å².